The maximum absolute atomic E-state index is 12.1. The first-order valence-electron chi connectivity index (χ1n) is 6.11. The fraction of sp³-hybridized carbons (Fsp3) is 0.333. The zero-order chi connectivity index (χ0) is 16.9. The first-order valence-corrected chi connectivity index (χ1v) is 8.35. The molecule has 0 bridgehead atoms. The fourth-order valence-corrected chi connectivity index (χ4v) is 3.66. The second-order valence-corrected chi connectivity index (χ2v) is 6.84. The highest BCUT2D eigenvalue weighted by Gasteiger charge is 2.21. The van der Waals surface area contributed by atoms with Crippen LogP contribution in [-0.2, 0) is 19.6 Å². The predicted octanol–water partition coefficient (Wildman–Crippen LogP) is 1.25. The van der Waals surface area contributed by atoms with Crippen LogP contribution in [0.1, 0.15) is 13.3 Å². The summed E-state index contributed by atoms with van der Waals surface area (Å²) in [6, 6.07) is 3.21. The minimum absolute atomic E-state index is 0.0380. The molecule has 3 N–H and O–H groups in total. The lowest BCUT2D eigenvalue weighted by Gasteiger charge is -2.11. The number of carbonyl (C=O) groups is 2. The molecule has 7 nitrogen and oxygen atoms in total. The summed E-state index contributed by atoms with van der Waals surface area (Å²) in [5.74, 6) is -1.78. The normalized spacial score (nSPS) is 12.7. The molecule has 22 heavy (non-hydrogen) atoms. The van der Waals surface area contributed by atoms with E-state index in [0.29, 0.717) is 0 Å². The average molecular weight is 369 g/mol. The SMILES string of the molecule is C[C@H](NC(=O)CCNS(=O)(=O)c1c(Cl)cccc1Cl)C(=O)O. The number of halogens is 2. The first-order chi connectivity index (χ1) is 10.1. The number of amides is 1. The number of hydrogen-bond acceptors (Lipinski definition) is 4. The van der Waals surface area contributed by atoms with Gasteiger partial charge < -0.3 is 10.4 Å². The summed E-state index contributed by atoms with van der Waals surface area (Å²) in [6.45, 7) is 1.08. The molecule has 0 unspecified atom stereocenters. The molecule has 1 aromatic rings. The lowest BCUT2D eigenvalue weighted by molar-refractivity contribution is -0.141. The maximum atomic E-state index is 12.1. The molecular formula is C12H14Cl2N2O5S. The van der Waals surface area contributed by atoms with Gasteiger partial charge >= 0.3 is 5.97 Å². The maximum Gasteiger partial charge on any atom is 0.325 e. The molecule has 1 aromatic carbocycles. The van der Waals surface area contributed by atoms with Crippen molar-refractivity contribution < 1.29 is 23.1 Å². The zero-order valence-corrected chi connectivity index (χ0v) is 13.8. The highest BCUT2D eigenvalue weighted by molar-refractivity contribution is 7.89. The third-order valence-corrected chi connectivity index (χ3v) is 5.00. The molecule has 0 spiro atoms. The van der Waals surface area contributed by atoms with E-state index >= 15 is 0 Å². The number of carboxylic acid groups (broad SMARTS) is 1. The molecule has 0 aliphatic heterocycles. The van der Waals surface area contributed by atoms with Crippen molar-refractivity contribution in [1.82, 2.24) is 10.0 Å². The van der Waals surface area contributed by atoms with Crippen LogP contribution in [0.3, 0.4) is 0 Å². The quantitative estimate of drug-likeness (QED) is 0.670. The molecule has 10 heteroatoms. The Hall–Kier alpha value is -1.35. The van der Waals surface area contributed by atoms with Gasteiger partial charge in [-0.3, -0.25) is 9.59 Å². The van der Waals surface area contributed by atoms with E-state index in [9.17, 15) is 18.0 Å². The predicted molar refractivity (Wildman–Crippen MR) is 81.5 cm³/mol. The lowest BCUT2D eigenvalue weighted by atomic mass is 10.3. The Morgan fingerprint density at radius 1 is 1.27 bits per heavy atom. The Morgan fingerprint density at radius 2 is 1.82 bits per heavy atom. The summed E-state index contributed by atoms with van der Waals surface area (Å²) in [5, 5.41) is 10.8. The molecule has 0 saturated carbocycles. The van der Waals surface area contributed by atoms with E-state index in [4.69, 9.17) is 28.3 Å². The van der Waals surface area contributed by atoms with Gasteiger partial charge in [0.25, 0.3) is 0 Å². The Balaban J connectivity index is 2.64. The summed E-state index contributed by atoms with van der Waals surface area (Å²) >= 11 is 11.6. The van der Waals surface area contributed by atoms with Crippen molar-refractivity contribution in [3.8, 4) is 0 Å². The van der Waals surface area contributed by atoms with Crippen LogP contribution in [0.15, 0.2) is 23.1 Å². The first kappa shape index (κ1) is 18.7. The van der Waals surface area contributed by atoms with Crippen molar-refractivity contribution in [2.24, 2.45) is 0 Å². The van der Waals surface area contributed by atoms with E-state index in [-0.39, 0.29) is 27.9 Å². The summed E-state index contributed by atoms with van der Waals surface area (Å²) in [5.41, 5.74) is 0. The molecule has 122 valence electrons. The van der Waals surface area contributed by atoms with E-state index in [1.54, 1.807) is 0 Å². The van der Waals surface area contributed by atoms with E-state index < -0.39 is 27.9 Å². The minimum Gasteiger partial charge on any atom is -0.480 e. The highest BCUT2D eigenvalue weighted by atomic mass is 35.5. The molecule has 1 amide bonds. The van der Waals surface area contributed by atoms with E-state index in [1.165, 1.54) is 25.1 Å². The van der Waals surface area contributed by atoms with E-state index in [1.807, 2.05) is 0 Å². The van der Waals surface area contributed by atoms with Crippen molar-refractivity contribution in [1.29, 1.82) is 0 Å². The van der Waals surface area contributed by atoms with Gasteiger partial charge in [-0.05, 0) is 19.1 Å². The smallest absolute Gasteiger partial charge is 0.325 e. The van der Waals surface area contributed by atoms with Crippen LogP contribution in [0.2, 0.25) is 10.0 Å². The Morgan fingerprint density at radius 3 is 2.32 bits per heavy atom. The monoisotopic (exact) mass is 368 g/mol. The Labute approximate surface area is 137 Å². The van der Waals surface area contributed by atoms with Gasteiger partial charge in [-0.2, -0.15) is 0 Å². The zero-order valence-electron chi connectivity index (χ0n) is 11.5. The second kappa shape index (κ2) is 7.77. The summed E-state index contributed by atoms with van der Waals surface area (Å²) in [7, 11) is -3.97. The third-order valence-electron chi connectivity index (χ3n) is 2.58. The van der Waals surface area contributed by atoms with Gasteiger partial charge in [-0.1, -0.05) is 29.3 Å². The molecule has 0 aliphatic carbocycles. The van der Waals surface area contributed by atoms with Gasteiger partial charge in [0.15, 0.2) is 0 Å². The molecule has 0 radical (unpaired) electrons. The number of carbonyl (C=O) groups excluding carboxylic acids is 1. The van der Waals surface area contributed by atoms with Crippen molar-refractivity contribution in [3.63, 3.8) is 0 Å². The molecule has 0 heterocycles. The van der Waals surface area contributed by atoms with Crippen LogP contribution < -0.4 is 10.0 Å². The number of benzene rings is 1. The second-order valence-electron chi connectivity index (χ2n) is 4.33. The fourth-order valence-electron chi connectivity index (χ4n) is 1.49. The Kier molecular flexibility index (Phi) is 6.61. The van der Waals surface area contributed by atoms with Crippen molar-refractivity contribution >= 4 is 45.1 Å². The number of aliphatic carboxylic acids is 1. The van der Waals surface area contributed by atoms with Gasteiger partial charge in [0.05, 0.1) is 10.0 Å². The van der Waals surface area contributed by atoms with Crippen molar-refractivity contribution in [3.05, 3.63) is 28.2 Å². The molecule has 0 fully saturated rings. The summed E-state index contributed by atoms with van der Waals surface area (Å²) < 4.78 is 26.3. The van der Waals surface area contributed by atoms with Crippen molar-refractivity contribution in [2.75, 3.05) is 6.54 Å². The van der Waals surface area contributed by atoms with Crippen LogP contribution in [0.25, 0.3) is 0 Å². The van der Waals surface area contributed by atoms with Gasteiger partial charge in [-0.25, -0.2) is 13.1 Å². The van der Waals surface area contributed by atoms with E-state index in [2.05, 4.69) is 10.0 Å². The molecule has 0 saturated heterocycles. The average Bonchev–Trinajstić information content (AvgIpc) is 2.37. The van der Waals surface area contributed by atoms with Crippen LogP contribution >= 0.6 is 23.2 Å². The molecule has 1 atom stereocenters. The topological polar surface area (TPSA) is 113 Å². The van der Waals surface area contributed by atoms with Crippen LogP contribution in [0.5, 0.6) is 0 Å². The van der Waals surface area contributed by atoms with Gasteiger partial charge in [0, 0.05) is 13.0 Å². The lowest BCUT2D eigenvalue weighted by Crippen LogP contribution is -2.39. The van der Waals surface area contributed by atoms with Gasteiger partial charge in [0.1, 0.15) is 10.9 Å². The van der Waals surface area contributed by atoms with E-state index in [0.717, 1.165) is 0 Å². The standard InChI is InChI=1S/C12H14Cl2N2O5S/c1-7(12(18)19)16-10(17)5-6-15-22(20,21)11-8(13)3-2-4-9(11)14/h2-4,7,15H,5-6H2,1H3,(H,16,17)(H,18,19)/t7-/m0/s1. The van der Waals surface area contributed by atoms with Gasteiger partial charge in [0.2, 0.25) is 15.9 Å². The summed E-state index contributed by atoms with van der Waals surface area (Å²) in [6.07, 6.45) is -0.223. The number of rotatable bonds is 7. The molecule has 1 rings (SSSR count). The summed E-state index contributed by atoms with van der Waals surface area (Å²) in [4.78, 5) is 21.8. The molecule has 0 aromatic heterocycles. The minimum atomic E-state index is -3.97. The largest absolute Gasteiger partial charge is 0.480 e. The third kappa shape index (κ3) is 5.13. The highest BCUT2D eigenvalue weighted by Crippen LogP contribution is 2.28. The van der Waals surface area contributed by atoms with Crippen LogP contribution in [0.4, 0.5) is 0 Å². The Bertz CT molecular complexity index is 658. The van der Waals surface area contributed by atoms with Crippen molar-refractivity contribution in [2.45, 2.75) is 24.3 Å². The van der Waals surface area contributed by atoms with Gasteiger partial charge in [-0.15, -0.1) is 0 Å². The number of hydrogen-bond donors (Lipinski definition) is 3. The van der Waals surface area contributed by atoms with Crippen LogP contribution in [-0.4, -0.2) is 38.0 Å². The number of sulfonamides is 1. The number of nitrogens with one attached hydrogen (secondary N) is 2. The molecular weight excluding hydrogens is 355 g/mol. The number of carboxylic acids is 1. The molecule has 0 aliphatic rings. The van der Waals surface area contributed by atoms with Crippen LogP contribution in [0, 0.1) is 0 Å².